The first-order valence-electron chi connectivity index (χ1n) is 5.91. The van der Waals surface area contributed by atoms with E-state index in [1.807, 2.05) is 26.0 Å². The predicted octanol–water partition coefficient (Wildman–Crippen LogP) is 4.26. The van der Waals surface area contributed by atoms with Crippen molar-refractivity contribution in [1.82, 2.24) is 0 Å². The summed E-state index contributed by atoms with van der Waals surface area (Å²) in [5.41, 5.74) is 9.23. The normalized spacial score (nSPS) is 10.5. The van der Waals surface area contributed by atoms with Crippen LogP contribution in [0.3, 0.4) is 0 Å². The van der Waals surface area contributed by atoms with Gasteiger partial charge in [-0.1, -0.05) is 17.7 Å². The summed E-state index contributed by atoms with van der Waals surface area (Å²) in [6, 6.07) is 8.03. The van der Waals surface area contributed by atoms with E-state index in [4.69, 9.17) is 22.1 Å². The van der Waals surface area contributed by atoms with Crippen molar-refractivity contribution in [2.45, 2.75) is 20.5 Å². The van der Waals surface area contributed by atoms with Crippen molar-refractivity contribution in [2.75, 3.05) is 5.73 Å². The SMILES string of the molecule is Cc1cc(OCc2ccc(F)cc2Cl)c(C)cc1N. The number of halogens is 2. The van der Waals surface area contributed by atoms with Gasteiger partial charge in [-0.15, -0.1) is 0 Å². The molecule has 0 bridgehead atoms. The number of hydrogen-bond donors (Lipinski definition) is 1. The molecule has 2 nitrogen and oxygen atoms in total. The maximum atomic E-state index is 12.9. The van der Waals surface area contributed by atoms with Gasteiger partial charge >= 0.3 is 0 Å². The number of rotatable bonds is 3. The van der Waals surface area contributed by atoms with Gasteiger partial charge in [0.05, 0.1) is 5.02 Å². The fourth-order valence-electron chi connectivity index (χ4n) is 1.76. The van der Waals surface area contributed by atoms with E-state index in [0.717, 1.165) is 28.1 Å². The topological polar surface area (TPSA) is 35.2 Å². The summed E-state index contributed by atoms with van der Waals surface area (Å²) in [6.45, 7) is 4.15. The number of hydrogen-bond acceptors (Lipinski definition) is 2. The van der Waals surface area contributed by atoms with Crippen LogP contribution in [0.2, 0.25) is 5.02 Å². The maximum absolute atomic E-state index is 12.9. The number of anilines is 1. The average molecular weight is 280 g/mol. The van der Waals surface area contributed by atoms with Gasteiger partial charge in [0.25, 0.3) is 0 Å². The highest BCUT2D eigenvalue weighted by molar-refractivity contribution is 6.31. The van der Waals surface area contributed by atoms with E-state index in [1.165, 1.54) is 12.1 Å². The van der Waals surface area contributed by atoms with E-state index in [-0.39, 0.29) is 5.82 Å². The molecule has 0 heterocycles. The van der Waals surface area contributed by atoms with Crippen molar-refractivity contribution in [3.05, 3.63) is 57.9 Å². The van der Waals surface area contributed by atoms with Crippen LogP contribution in [0.4, 0.5) is 10.1 Å². The Morgan fingerprint density at radius 2 is 1.89 bits per heavy atom. The smallest absolute Gasteiger partial charge is 0.124 e. The van der Waals surface area contributed by atoms with E-state index in [2.05, 4.69) is 0 Å². The summed E-state index contributed by atoms with van der Waals surface area (Å²) >= 11 is 5.95. The lowest BCUT2D eigenvalue weighted by Gasteiger charge is -2.12. The molecule has 2 aromatic carbocycles. The van der Waals surface area contributed by atoms with Gasteiger partial charge in [-0.25, -0.2) is 4.39 Å². The van der Waals surface area contributed by atoms with Crippen LogP contribution in [0.25, 0.3) is 0 Å². The molecule has 4 heteroatoms. The second kappa shape index (κ2) is 5.49. The summed E-state index contributed by atoms with van der Waals surface area (Å²) < 4.78 is 18.6. The van der Waals surface area contributed by atoms with Crippen LogP contribution >= 0.6 is 11.6 Å². The number of ether oxygens (including phenoxy) is 1. The molecule has 0 saturated carbocycles. The number of benzene rings is 2. The molecule has 0 atom stereocenters. The summed E-state index contributed by atoms with van der Waals surface area (Å²) in [5.74, 6) is 0.403. The van der Waals surface area contributed by atoms with Gasteiger partial charge in [0.1, 0.15) is 18.2 Å². The zero-order valence-corrected chi connectivity index (χ0v) is 11.6. The molecule has 0 fully saturated rings. The fourth-order valence-corrected chi connectivity index (χ4v) is 1.98. The molecule has 2 aromatic rings. The second-order valence-electron chi connectivity index (χ2n) is 4.50. The Kier molecular flexibility index (Phi) is 3.96. The van der Waals surface area contributed by atoms with Crippen molar-refractivity contribution >= 4 is 17.3 Å². The van der Waals surface area contributed by atoms with Gasteiger partial charge in [-0.3, -0.25) is 0 Å². The molecular weight excluding hydrogens is 265 g/mol. The van der Waals surface area contributed by atoms with Gasteiger partial charge in [0.2, 0.25) is 0 Å². The average Bonchev–Trinajstić information content (AvgIpc) is 2.34. The van der Waals surface area contributed by atoms with Crippen LogP contribution in [-0.4, -0.2) is 0 Å². The lowest BCUT2D eigenvalue weighted by Crippen LogP contribution is -2.00. The molecule has 0 amide bonds. The number of nitrogens with two attached hydrogens (primary N) is 1. The fraction of sp³-hybridized carbons (Fsp3) is 0.200. The molecule has 0 aliphatic rings. The molecule has 0 aliphatic heterocycles. The van der Waals surface area contributed by atoms with E-state index in [9.17, 15) is 4.39 Å². The molecule has 0 aromatic heterocycles. The minimum absolute atomic E-state index is 0.295. The second-order valence-corrected chi connectivity index (χ2v) is 4.91. The van der Waals surface area contributed by atoms with E-state index in [0.29, 0.717) is 11.6 Å². The lowest BCUT2D eigenvalue weighted by molar-refractivity contribution is 0.304. The van der Waals surface area contributed by atoms with Gasteiger partial charge in [0, 0.05) is 11.3 Å². The van der Waals surface area contributed by atoms with Gasteiger partial charge in [-0.05, 0) is 49.2 Å². The zero-order chi connectivity index (χ0) is 14.0. The minimum Gasteiger partial charge on any atom is -0.489 e. The van der Waals surface area contributed by atoms with Crippen molar-refractivity contribution < 1.29 is 9.13 Å². The number of nitrogen functional groups attached to an aromatic ring is 1. The van der Waals surface area contributed by atoms with Crippen LogP contribution < -0.4 is 10.5 Å². The first-order valence-corrected chi connectivity index (χ1v) is 6.28. The summed E-state index contributed by atoms with van der Waals surface area (Å²) in [5, 5.41) is 0.366. The summed E-state index contributed by atoms with van der Waals surface area (Å²) in [7, 11) is 0. The quantitative estimate of drug-likeness (QED) is 0.852. The molecular formula is C15H15ClFNO. The van der Waals surface area contributed by atoms with Crippen LogP contribution in [0.5, 0.6) is 5.75 Å². The minimum atomic E-state index is -0.353. The van der Waals surface area contributed by atoms with Crippen molar-refractivity contribution in [2.24, 2.45) is 0 Å². The lowest BCUT2D eigenvalue weighted by atomic mass is 10.1. The molecule has 0 spiro atoms. The maximum Gasteiger partial charge on any atom is 0.124 e. The third-order valence-electron chi connectivity index (χ3n) is 2.96. The summed E-state index contributed by atoms with van der Waals surface area (Å²) in [6.07, 6.45) is 0. The van der Waals surface area contributed by atoms with E-state index >= 15 is 0 Å². The summed E-state index contributed by atoms with van der Waals surface area (Å²) in [4.78, 5) is 0. The van der Waals surface area contributed by atoms with Crippen LogP contribution in [0.15, 0.2) is 30.3 Å². The van der Waals surface area contributed by atoms with Crippen molar-refractivity contribution in [1.29, 1.82) is 0 Å². The highest BCUT2D eigenvalue weighted by atomic mass is 35.5. The Labute approximate surface area is 117 Å². The van der Waals surface area contributed by atoms with Crippen LogP contribution in [0, 0.1) is 19.7 Å². The first-order chi connectivity index (χ1) is 8.97. The molecule has 0 saturated heterocycles. The Morgan fingerprint density at radius 3 is 2.58 bits per heavy atom. The Balaban J connectivity index is 2.16. The van der Waals surface area contributed by atoms with Gasteiger partial charge < -0.3 is 10.5 Å². The molecule has 19 heavy (non-hydrogen) atoms. The molecule has 2 rings (SSSR count). The predicted molar refractivity (Wildman–Crippen MR) is 76.1 cm³/mol. The first kappa shape index (κ1) is 13.7. The van der Waals surface area contributed by atoms with Gasteiger partial charge in [0.15, 0.2) is 0 Å². The van der Waals surface area contributed by atoms with Gasteiger partial charge in [-0.2, -0.15) is 0 Å². The highest BCUT2D eigenvalue weighted by Crippen LogP contribution is 2.26. The van der Waals surface area contributed by atoms with E-state index in [1.54, 1.807) is 6.07 Å². The van der Waals surface area contributed by atoms with E-state index < -0.39 is 0 Å². The molecule has 0 unspecified atom stereocenters. The van der Waals surface area contributed by atoms with Crippen molar-refractivity contribution in [3.8, 4) is 5.75 Å². The Bertz CT molecular complexity index is 613. The Hall–Kier alpha value is -1.74. The third-order valence-corrected chi connectivity index (χ3v) is 3.31. The van der Waals surface area contributed by atoms with Crippen LogP contribution in [-0.2, 0) is 6.61 Å². The van der Waals surface area contributed by atoms with Crippen LogP contribution in [0.1, 0.15) is 16.7 Å². The van der Waals surface area contributed by atoms with Crippen molar-refractivity contribution in [3.63, 3.8) is 0 Å². The zero-order valence-electron chi connectivity index (χ0n) is 10.8. The number of aryl methyl sites for hydroxylation is 2. The largest absolute Gasteiger partial charge is 0.489 e. The Morgan fingerprint density at radius 1 is 1.16 bits per heavy atom. The highest BCUT2D eigenvalue weighted by Gasteiger charge is 2.06. The molecule has 0 aliphatic carbocycles. The standard InChI is InChI=1S/C15H15ClFNO/c1-9-6-15(10(2)5-14(9)18)19-8-11-3-4-12(17)7-13(11)16/h3-7H,8,18H2,1-2H3. The molecule has 100 valence electrons. The monoisotopic (exact) mass is 279 g/mol. The molecule has 2 N–H and O–H groups in total. The molecule has 0 radical (unpaired) electrons. The third kappa shape index (κ3) is 3.18.